The molecule has 8 nitrogen and oxygen atoms in total. The van der Waals surface area contributed by atoms with Crippen LogP contribution in [0.5, 0.6) is 5.75 Å². The first kappa shape index (κ1) is 20.9. The van der Waals surface area contributed by atoms with Crippen LogP contribution in [-0.4, -0.2) is 61.0 Å². The van der Waals surface area contributed by atoms with Crippen molar-refractivity contribution in [1.29, 1.82) is 0 Å². The Bertz CT molecular complexity index is 1050. The lowest BCUT2D eigenvalue weighted by molar-refractivity contribution is -0.119. The molecule has 2 saturated heterocycles. The van der Waals surface area contributed by atoms with E-state index in [1.54, 1.807) is 13.4 Å². The number of hydrogen-bond donors (Lipinski definition) is 1. The first-order valence-corrected chi connectivity index (χ1v) is 11.2. The van der Waals surface area contributed by atoms with Gasteiger partial charge in [-0.05, 0) is 42.9 Å². The van der Waals surface area contributed by atoms with E-state index in [1.165, 1.54) is 5.56 Å². The number of carbonyl (C=O) groups is 1. The van der Waals surface area contributed by atoms with Gasteiger partial charge in [-0.15, -0.1) is 0 Å². The Kier molecular flexibility index (Phi) is 5.55. The fourth-order valence-electron chi connectivity index (χ4n) is 4.92. The van der Waals surface area contributed by atoms with Crippen LogP contribution in [0, 0.1) is 5.41 Å². The number of anilines is 1. The van der Waals surface area contributed by atoms with E-state index in [-0.39, 0.29) is 17.4 Å². The molecular weight excluding hydrogens is 406 g/mol. The van der Waals surface area contributed by atoms with Crippen molar-refractivity contribution >= 4 is 17.4 Å². The molecule has 2 fully saturated rings. The molecule has 1 N–H and O–H groups in total. The Morgan fingerprint density at radius 3 is 2.81 bits per heavy atom. The summed E-state index contributed by atoms with van der Waals surface area (Å²) in [5.74, 6) is 1.90. The molecule has 0 radical (unpaired) electrons. The molecule has 0 saturated carbocycles. The summed E-state index contributed by atoms with van der Waals surface area (Å²) in [5.41, 5.74) is 4.06. The number of ether oxygens (including phenoxy) is 2. The highest BCUT2D eigenvalue weighted by molar-refractivity contribution is 6.14. The number of methoxy groups -OCH3 is 1. The van der Waals surface area contributed by atoms with Crippen molar-refractivity contribution < 1.29 is 14.3 Å². The summed E-state index contributed by atoms with van der Waals surface area (Å²) in [6, 6.07) is 8.14. The van der Waals surface area contributed by atoms with Gasteiger partial charge >= 0.3 is 0 Å². The van der Waals surface area contributed by atoms with Crippen LogP contribution < -0.4 is 15.0 Å². The molecule has 1 atom stereocenters. The average molecular weight is 436 g/mol. The van der Waals surface area contributed by atoms with E-state index in [1.807, 2.05) is 25.1 Å². The van der Waals surface area contributed by atoms with Crippen LogP contribution in [0.2, 0.25) is 0 Å². The SMILES string of the molecule is COC[C@H](C)Oc1ccc2c(c1)C(c1cc(N3CCC4(CC3)CNC(=O)C4)ncn1)=NC2. The number of carbonyl (C=O) groups excluding carboxylic acids is 1. The number of nitrogens with one attached hydrogen (secondary N) is 1. The minimum absolute atomic E-state index is 0.0294. The molecule has 1 spiro atoms. The standard InChI is InChI=1S/C24H29N5O3/c1-16(13-31-2)32-18-4-3-17-12-25-23(19(17)9-18)20-10-21(28-15-27-20)29-7-5-24(6-8-29)11-22(30)26-14-24/h3-4,9-10,15-16H,5-8,11-14H2,1-2H3,(H,26,30)/t16-/m0/s1. The van der Waals surface area contributed by atoms with Gasteiger partial charge in [-0.1, -0.05) is 6.07 Å². The van der Waals surface area contributed by atoms with Gasteiger partial charge < -0.3 is 19.7 Å². The van der Waals surface area contributed by atoms with Gasteiger partial charge in [0.2, 0.25) is 5.91 Å². The second-order valence-corrected chi connectivity index (χ2v) is 9.07. The highest BCUT2D eigenvalue weighted by Gasteiger charge is 2.41. The van der Waals surface area contributed by atoms with Crippen LogP contribution in [0.1, 0.15) is 43.0 Å². The van der Waals surface area contributed by atoms with Crippen molar-refractivity contribution in [2.24, 2.45) is 10.4 Å². The Balaban J connectivity index is 1.32. The Morgan fingerprint density at radius 1 is 1.22 bits per heavy atom. The molecule has 3 aliphatic heterocycles. The Hall–Kier alpha value is -3.00. The molecule has 168 valence electrons. The predicted octanol–water partition coefficient (Wildman–Crippen LogP) is 2.35. The highest BCUT2D eigenvalue weighted by Crippen LogP contribution is 2.38. The maximum Gasteiger partial charge on any atom is 0.220 e. The molecular formula is C24H29N5O3. The van der Waals surface area contributed by atoms with E-state index in [4.69, 9.17) is 14.5 Å². The molecule has 5 rings (SSSR count). The second-order valence-electron chi connectivity index (χ2n) is 9.07. The second kappa shape index (κ2) is 8.50. The summed E-state index contributed by atoms with van der Waals surface area (Å²) in [5, 5.41) is 3.00. The fourth-order valence-corrected chi connectivity index (χ4v) is 4.92. The topological polar surface area (TPSA) is 88.9 Å². The zero-order valence-electron chi connectivity index (χ0n) is 18.6. The third-order valence-electron chi connectivity index (χ3n) is 6.72. The van der Waals surface area contributed by atoms with E-state index in [2.05, 4.69) is 26.3 Å². The number of aliphatic imine (C=N–C) groups is 1. The molecule has 4 heterocycles. The quantitative estimate of drug-likeness (QED) is 0.749. The summed E-state index contributed by atoms with van der Waals surface area (Å²) >= 11 is 0. The van der Waals surface area contributed by atoms with Crippen molar-refractivity contribution in [3.8, 4) is 5.75 Å². The summed E-state index contributed by atoms with van der Waals surface area (Å²) in [4.78, 5) is 27.8. The molecule has 32 heavy (non-hydrogen) atoms. The Morgan fingerprint density at radius 2 is 2.06 bits per heavy atom. The molecule has 0 unspecified atom stereocenters. The minimum atomic E-state index is -0.0294. The molecule has 0 aliphatic carbocycles. The van der Waals surface area contributed by atoms with E-state index >= 15 is 0 Å². The number of nitrogens with zero attached hydrogens (tertiary/aromatic N) is 4. The number of benzene rings is 1. The van der Waals surface area contributed by atoms with Crippen LogP contribution >= 0.6 is 0 Å². The first-order chi connectivity index (χ1) is 15.5. The molecule has 1 aromatic heterocycles. The van der Waals surface area contributed by atoms with Gasteiger partial charge in [0.15, 0.2) is 0 Å². The fraction of sp³-hybridized carbons (Fsp3) is 0.500. The maximum absolute atomic E-state index is 11.7. The van der Waals surface area contributed by atoms with Gasteiger partial charge in [-0.25, -0.2) is 9.97 Å². The smallest absolute Gasteiger partial charge is 0.220 e. The molecule has 2 aromatic rings. The average Bonchev–Trinajstić information content (AvgIpc) is 3.38. The molecule has 1 aromatic carbocycles. The van der Waals surface area contributed by atoms with Gasteiger partial charge in [0.1, 0.15) is 24.0 Å². The minimum Gasteiger partial charge on any atom is -0.488 e. The number of hydrogen-bond acceptors (Lipinski definition) is 7. The van der Waals surface area contributed by atoms with Crippen molar-refractivity contribution in [3.05, 3.63) is 47.4 Å². The largest absolute Gasteiger partial charge is 0.488 e. The molecule has 3 aliphatic rings. The van der Waals surface area contributed by atoms with E-state index < -0.39 is 0 Å². The number of aromatic nitrogens is 2. The van der Waals surface area contributed by atoms with Gasteiger partial charge in [0, 0.05) is 44.8 Å². The van der Waals surface area contributed by atoms with Gasteiger partial charge in [-0.3, -0.25) is 9.79 Å². The third-order valence-corrected chi connectivity index (χ3v) is 6.72. The van der Waals surface area contributed by atoms with Crippen molar-refractivity contribution in [2.75, 3.05) is 38.3 Å². The van der Waals surface area contributed by atoms with Crippen LogP contribution in [0.15, 0.2) is 35.6 Å². The zero-order chi connectivity index (χ0) is 22.1. The number of fused-ring (bicyclic) bond motifs is 1. The lowest BCUT2D eigenvalue weighted by Gasteiger charge is -2.38. The van der Waals surface area contributed by atoms with Crippen LogP contribution in [0.25, 0.3) is 0 Å². The highest BCUT2D eigenvalue weighted by atomic mass is 16.5. The number of rotatable bonds is 6. The van der Waals surface area contributed by atoms with Gasteiger partial charge in [0.05, 0.1) is 24.6 Å². The first-order valence-electron chi connectivity index (χ1n) is 11.2. The van der Waals surface area contributed by atoms with Gasteiger partial charge in [0.25, 0.3) is 0 Å². The summed E-state index contributed by atoms with van der Waals surface area (Å²) < 4.78 is 11.2. The molecule has 8 heteroatoms. The van der Waals surface area contributed by atoms with Crippen molar-refractivity contribution in [2.45, 2.75) is 38.8 Å². The normalized spacial score (nSPS) is 20.1. The van der Waals surface area contributed by atoms with E-state index in [0.29, 0.717) is 19.6 Å². The van der Waals surface area contributed by atoms with Crippen LogP contribution in [-0.2, 0) is 16.1 Å². The van der Waals surface area contributed by atoms with Crippen LogP contribution in [0.4, 0.5) is 5.82 Å². The van der Waals surface area contributed by atoms with E-state index in [9.17, 15) is 4.79 Å². The Labute approximate surface area is 188 Å². The van der Waals surface area contributed by atoms with E-state index in [0.717, 1.165) is 61.0 Å². The molecule has 0 bridgehead atoms. The summed E-state index contributed by atoms with van der Waals surface area (Å²) in [6.07, 6.45) is 4.23. The van der Waals surface area contributed by atoms with Crippen molar-refractivity contribution in [3.63, 3.8) is 0 Å². The lowest BCUT2D eigenvalue weighted by atomic mass is 9.77. The number of amides is 1. The summed E-state index contributed by atoms with van der Waals surface area (Å²) in [6.45, 7) is 5.76. The number of piperidine rings is 1. The zero-order valence-corrected chi connectivity index (χ0v) is 18.6. The molecule has 1 amide bonds. The lowest BCUT2D eigenvalue weighted by Crippen LogP contribution is -2.41. The van der Waals surface area contributed by atoms with Crippen LogP contribution in [0.3, 0.4) is 0 Å². The third kappa shape index (κ3) is 4.07. The predicted molar refractivity (Wildman–Crippen MR) is 121 cm³/mol. The maximum atomic E-state index is 11.7. The van der Waals surface area contributed by atoms with Crippen molar-refractivity contribution in [1.82, 2.24) is 15.3 Å². The summed E-state index contributed by atoms with van der Waals surface area (Å²) in [7, 11) is 1.67. The monoisotopic (exact) mass is 435 g/mol. The van der Waals surface area contributed by atoms with Gasteiger partial charge in [-0.2, -0.15) is 0 Å².